The van der Waals surface area contributed by atoms with Crippen molar-refractivity contribution < 1.29 is 26.4 Å². The van der Waals surface area contributed by atoms with Crippen molar-refractivity contribution in [2.24, 2.45) is 5.14 Å². The SMILES string of the molecule is CCC(CC)N1CC(S(=O)(=O)NC(=O)Nc2c3c(cc4c2CCC4)CCC3)C1.CCC(CC)N1CC(S(N)(=O)=O)C1.N#COc1c2c(cc3c1CCC3)CCC2. The van der Waals surface area contributed by atoms with Crippen LogP contribution in [0.3, 0.4) is 0 Å². The van der Waals surface area contributed by atoms with Crippen molar-refractivity contribution in [3.63, 3.8) is 0 Å². The topological polar surface area (TPSA) is 175 Å². The van der Waals surface area contributed by atoms with E-state index in [-0.39, 0.29) is 5.25 Å². The maximum Gasteiger partial charge on any atom is 0.332 e. The zero-order chi connectivity index (χ0) is 40.2. The van der Waals surface area contributed by atoms with E-state index in [0.29, 0.717) is 38.3 Å². The predicted octanol–water partition coefficient (Wildman–Crippen LogP) is 5.66. The number of nitrogens with zero attached hydrogens (tertiary/aromatic N) is 3. The Morgan fingerprint density at radius 3 is 1.50 bits per heavy atom. The van der Waals surface area contributed by atoms with Gasteiger partial charge < -0.3 is 10.1 Å². The maximum absolute atomic E-state index is 12.6. The lowest BCUT2D eigenvalue weighted by molar-refractivity contribution is 0.114. The number of carbonyl (C=O) groups excluding carboxylic acids is 1. The van der Waals surface area contributed by atoms with E-state index >= 15 is 0 Å². The van der Waals surface area contributed by atoms with E-state index in [1.165, 1.54) is 57.3 Å². The molecule has 2 amide bonds. The first-order valence-electron chi connectivity index (χ1n) is 21.0. The molecule has 0 radical (unpaired) electrons. The monoisotopic (exact) mass is 810 g/mol. The first-order valence-corrected chi connectivity index (χ1v) is 24.2. The van der Waals surface area contributed by atoms with Gasteiger partial charge in [0.1, 0.15) is 16.2 Å². The van der Waals surface area contributed by atoms with Gasteiger partial charge in [-0.1, -0.05) is 39.8 Å². The van der Waals surface area contributed by atoms with E-state index in [4.69, 9.17) is 15.1 Å². The number of fused-ring (bicyclic) bond motifs is 4. The summed E-state index contributed by atoms with van der Waals surface area (Å²) in [7, 11) is -6.95. The van der Waals surface area contributed by atoms with E-state index < -0.39 is 31.3 Å². The zero-order valence-corrected chi connectivity index (χ0v) is 35.4. The number of ether oxygens (including phenoxy) is 1. The average Bonchev–Trinajstić information content (AvgIpc) is 3.94. The summed E-state index contributed by atoms with van der Waals surface area (Å²) in [4.78, 5) is 17.0. The molecule has 2 heterocycles. The number of aryl methyl sites for hydroxylation is 4. The highest BCUT2D eigenvalue weighted by Crippen LogP contribution is 2.41. The molecule has 2 aromatic rings. The van der Waals surface area contributed by atoms with Gasteiger partial charge in [-0.25, -0.2) is 31.5 Å². The molecule has 308 valence electrons. The van der Waals surface area contributed by atoms with Gasteiger partial charge in [0.15, 0.2) is 0 Å². The third-order valence-corrected chi connectivity index (χ3v) is 16.0. The number of sulfonamides is 2. The van der Waals surface area contributed by atoms with E-state index in [9.17, 15) is 21.6 Å². The summed E-state index contributed by atoms with van der Waals surface area (Å²) in [5.41, 5.74) is 11.4. The Kier molecular flexibility index (Phi) is 13.7. The number of amides is 2. The van der Waals surface area contributed by atoms with Gasteiger partial charge in [-0.05, 0) is 147 Å². The number of nitrogens with two attached hydrogens (primary N) is 1. The van der Waals surface area contributed by atoms with Crippen LogP contribution in [0.25, 0.3) is 0 Å². The Labute approximate surface area is 335 Å². The van der Waals surface area contributed by atoms with Crippen LogP contribution < -0.4 is 19.9 Å². The van der Waals surface area contributed by atoms with Crippen LogP contribution in [0.5, 0.6) is 5.75 Å². The smallest absolute Gasteiger partial charge is 0.332 e. The minimum Gasteiger partial charge on any atom is -0.387 e. The predicted molar refractivity (Wildman–Crippen MR) is 221 cm³/mol. The van der Waals surface area contributed by atoms with Crippen LogP contribution >= 0.6 is 0 Å². The molecule has 4 aliphatic carbocycles. The van der Waals surface area contributed by atoms with Crippen LogP contribution in [0.1, 0.15) is 124 Å². The molecule has 0 atom stereocenters. The summed E-state index contributed by atoms with van der Waals surface area (Å²) in [5, 5.41) is 15.8. The van der Waals surface area contributed by atoms with Gasteiger partial charge >= 0.3 is 6.03 Å². The van der Waals surface area contributed by atoms with Crippen molar-refractivity contribution in [2.45, 2.75) is 153 Å². The van der Waals surface area contributed by atoms with Crippen LogP contribution in [0.2, 0.25) is 0 Å². The van der Waals surface area contributed by atoms with Crippen LogP contribution in [0.4, 0.5) is 10.5 Å². The molecule has 12 nitrogen and oxygen atoms in total. The Balaban J connectivity index is 0.000000159. The molecule has 14 heteroatoms. The summed E-state index contributed by atoms with van der Waals surface area (Å²) >= 11 is 0. The molecule has 6 aliphatic rings. The molecular formula is C42H62N6O6S2. The van der Waals surface area contributed by atoms with Crippen molar-refractivity contribution in [2.75, 3.05) is 31.5 Å². The van der Waals surface area contributed by atoms with Crippen LogP contribution in [0, 0.1) is 11.5 Å². The molecule has 2 fully saturated rings. The van der Waals surface area contributed by atoms with E-state index in [1.807, 2.05) is 6.26 Å². The van der Waals surface area contributed by atoms with Gasteiger partial charge in [0.05, 0.1) is 0 Å². The number of hydrogen-bond donors (Lipinski definition) is 3. The molecule has 0 spiro atoms. The van der Waals surface area contributed by atoms with Gasteiger partial charge in [-0.15, -0.1) is 5.26 Å². The number of benzene rings is 2. The van der Waals surface area contributed by atoms with Crippen LogP contribution in [-0.4, -0.2) is 81.4 Å². The van der Waals surface area contributed by atoms with Gasteiger partial charge in [-0.3, -0.25) is 9.80 Å². The second-order valence-electron chi connectivity index (χ2n) is 16.4. The summed E-state index contributed by atoms with van der Waals surface area (Å²) in [6, 6.07) is 4.98. The molecule has 8 rings (SSSR count). The number of anilines is 1. The quantitative estimate of drug-likeness (QED) is 0.242. The highest BCUT2D eigenvalue weighted by molar-refractivity contribution is 7.90. The zero-order valence-electron chi connectivity index (χ0n) is 33.8. The van der Waals surface area contributed by atoms with Gasteiger partial charge in [0, 0.05) is 44.0 Å². The number of rotatable bonds is 11. The number of primary sulfonamides is 1. The number of nitriles is 1. The molecule has 56 heavy (non-hydrogen) atoms. The fourth-order valence-electron chi connectivity index (χ4n) is 9.80. The molecule has 0 unspecified atom stereocenters. The lowest BCUT2D eigenvalue weighted by atomic mass is 9.99. The molecule has 0 bridgehead atoms. The number of carbonyl (C=O) groups is 1. The first kappa shape index (κ1) is 42.4. The largest absolute Gasteiger partial charge is 0.387 e. The molecule has 0 saturated carbocycles. The summed E-state index contributed by atoms with van der Waals surface area (Å²) in [6.45, 7) is 10.7. The standard InChI is InChI=1S/C21H31N3O3S.C13H13NO.C8H18N2O2S/c1-3-16(4-2)24-12-17(13-24)28(26,27)23-21(25)22-20-18-9-5-7-14(18)11-15-8-6-10-19(15)20;14-8-15-13-11-5-1-3-9(11)7-10-4-2-6-12(10)13;1-3-7(4-2)10-5-8(6-10)13(9,11)12/h11,16-17H,3-10,12-13H2,1-2H3,(H2,22,23,25);7H,1-6H2;7-8H,3-6H2,1-2H3,(H2,9,11,12). The third-order valence-electron chi connectivity index (χ3n) is 13.1. The highest BCUT2D eigenvalue weighted by Gasteiger charge is 2.41. The number of likely N-dealkylation sites (tertiary alicyclic amines) is 2. The van der Waals surface area contributed by atoms with Crippen LogP contribution in [0.15, 0.2) is 12.1 Å². The fourth-order valence-corrected chi connectivity index (χ4v) is 11.9. The minimum atomic E-state index is -3.66. The van der Waals surface area contributed by atoms with Crippen molar-refractivity contribution in [1.82, 2.24) is 14.5 Å². The maximum atomic E-state index is 12.6. The van der Waals surface area contributed by atoms with E-state index in [2.05, 4.69) is 59.7 Å². The summed E-state index contributed by atoms with van der Waals surface area (Å²) in [6.07, 6.45) is 19.1. The second kappa shape index (κ2) is 18.1. The van der Waals surface area contributed by atoms with Crippen molar-refractivity contribution in [3.05, 3.63) is 56.6 Å². The normalized spacial score (nSPS) is 19.0. The van der Waals surface area contributed by atoms with E-state index in [0.717, 1.165) is 101 Å². The number of hydrogen-bond acceptors (Lipinski definition) is 9. The summed E-state index contributed by atoms with van der Waals surface area (Å²) in [5.74, 6) is 0.903. The number of nitrogens with one attached hydrogen (secondary N) is 2. The molecule has 0 aromatic heterocycles. The summed E-state index contributed by atoms with van der Waals surface area (Å²) < 4.78 is 54.6. The van der Waals surface area contributed by atoms with Crippen molar-refractivity contribution in [3.8, 4) is 12.0 Å². The average molecular weight is 811 g/mol. The lowest BCUT2D eigenvalue weighted by Gasteiger charge is -2.43. The van der Waals surface area contributed by atoms with Gasteiger partial charge in [0.2, 0.25) is 20.0 Å². The molecule has 2 aromatic carbocycles. The molecule has 2 aliphatic heterocycles. The second-order valence-corrected chi connectivity index (χ2v) is 20.2. The minimum absolute atomic E-state index is 0.326. The Hall–Kier alpha value is -3.22. The molecule has 4 N–H and O–H groups in total. The Bertz CT molecular complexity index is 1950. The Morgan fingerprint density at radius 2 is 1.11 bits per heavy atom. The van der Waals surface area contributed by atoms with Gasteiger partial charge in [0.25, 0.3) is 6.26 Å². The number of urea groups is 1. The Morgan fingerprint density at radius 1 is 0.714 bits per heavy atom. The van der Waals surface area contributed by atoms with Crippen molar-refractivity contribution >= 4 is 31.8 Å². The first-order chi connectivity index (χ1) is 26.8. The van der Waals surface area contributed by atoms with Crippen LogP contribution in [-0.2, 0) is 71.4 Å². The fraction of sp³-hybridized carbons (Fsp3) is 0.667. The van der Waals surface area contributed by atoms with Gasteiger partial charge in [-0.2, -0.15) is 0 Å². The lowest BCUT2D eigenvalue weighted by Crippen LogP contribution is -2.61. The highest BCUT2D eigenvalue weighted by atomic mass is 32.2. The third kappa shape index (κ3) is 9.23. The van der Waals surface area contributed by atoms with Crippen molar-refractivity contribution in [1.29, 1.82) is 5.26 Å². The molecule has 2 saturated heterocycles. The molecular weight excluding hydrogens is 749 g/mol. The van der Waals surface area contributed by atoms with E-state index in [1.54, 1.807) is 0 Å².